The summed E-state index contributed by atoms with van der Waals surface area (Å²) in [6.07, 6.45) is 0. The van der Waals surface area contributed by atoms with Crippen molar-refractivity contribution in [3.05, 3.63) is 50.6 Å². The van der Waals surface area contributed by atoms with Crippen molar-refractivity contribution in [2.75, 3.05) is 0 Å². The Labute approximate surface area is 90.5 Å². The molecule has 0 aliphatic heterocycles. The largest absolute Gasteiger partial charge is 0.268 e. The summed E-state index contributed by atoms with van der Waals surface area (Å²) in [5.41, 5.74) is 1.90. The molecule has 0 atom stereocenters. The summed E-state index contributed by atoms with van der Waals surface area (Å²) in [7, 11) is 0. The molecule has 0 saturated carbocycles. The standard InChI is InChI=1S/C10H8ClNOS/c1-7-6-8(11)2-3-9(7)12-10(13)4-5-14-12/h2-6H,1H3. The fourth-order valence-electron chi connectivity index (χ4n) is 1.29. The quantitative estimate of drug-likeness (QED) is 0.732. The maximum absolute atomic E-state index is 11.4. The molecule has 0 unspecified atom stereocenters. The zero-order chi connectivity index (χ0) is 10.1. The molecule has 0 spiro atoms. The van der Waals surface area contributed by atoms with Gasteiger partial charge >= 0.3 is 0 Å². The molecular formula is C10H8ClNOS. The van der Waals surface area contributed by atoms with Gasteiger partial charge in [-0.2, -0.15) is 0 Å². The van der Waals surface area contributed by atoms with Gasteiger partial charge in [0, 0.05) is 16.5 Å². The lowest BCUT2D eigenvalue weighted by molar-refractivity contribution is 1.11. The Morgan fingerprint density at radius 3 is 2.71 bits per heavy atom. The van der Waals surface area contributed by atoms with Gasteiger partial charge in [0.2, 0.25) is 0 Å². The van der Waals surface area contributed by atoms with Gasteiger partial charge in [0.15, 0.2) is 0 Å². The molecule has 0 saturated heterocycles. The Morgan fingerprint density at radius 1 is 1.36 bits per heavy atom. The Bertz CT molecular complexity index is 515. The normalized spacial score (nSPS) is 10.4. The topological polar surface area (TPSA) is 22.0 Å². The average molecular weight is 226 g/mol. The lowest BCUT2D eigenvalue weighted by Crippen LogP contribution is -2.10. The van der Waals surface area contributed by atoms with Gasteiger partial charge in [-0.3, -0.25) is 4.79 Å². The van der Waals surface area contributed by atoms with E-state index in [4.69, 9.17) is 11.6 Å². The van der Waals surface area contributed by atoms with Crippen LogP contribution in [-0.4, -0.2) is 3.96 Å². The average Bonchev–Trinajstić information content (AvgIpc) is 2.52. The molecule has 2 aromatic rings. The molecule has 0 fully saturated rings. The molecule has 1 heterocycles. The highest BCUT2D eigenvalue weighted by Gasteiger charge is 2.04. The number of hydrogen-bond acceptors (Lipinski definition) is 2. The zero-order valence-electron chi connectivity index (χ0n) is 7.53. The van der Waals surface area contributed by atoms with E-state index in [2.05, 4.69) is 0 Å². The fourth-order valence-corrected chi connectivity index (χ4v) is 2.30. The molecule has 2 rings (SSSR count). The number of nitrogens with zero attached hydrogens (tertiary/aromatic N) is 1. The Kier molecular flexibility index (Phi) is 2.44. The third kappa shape index (κ3) is 1.61. The van der Waals surface area contributed by atoms with Gasteiger partial charge in [0.25, 0.3) is 5.56 Å². The van der Waals surface area contributed by atoms with Crippen LogP contribution in [-0.2, 0) is 0 Å². The smallest absolute Gasteiger partial charge is 0.265 e. The van der Waals surface area contributed by atoms with Crippen LogP contribution in [0, 0.1) is 6.92 Å². The van der Waals surface area contributed by atoms with Crippen LogP contribution in [0.5, 0.6) is 0 Å². The maximum atomic E-state index is 11.4. The molecule has 0 aliphatic rings. The Morgan fingerprint density at radius 2 is 2.14 bits per heavy atom. The monoisotopic (exact) mass is 225 g/mol. The summed E-state index contributed by atoms with van der Waals surface area (Å²) in [5, 5.41) is 2.46. The summed E-state index contributed by atoms with van der Waals surface area (Å²) in [6.45, 7) is 1.94. The van der Waals surface area contributed by atoms with E-state index in [0.717, 1.165) is 11.3 Å². The summed E-state index contributed by atoms with van der Waals surface area (Å²) < 4.78 is 1.64. The van der Waals surface area contributed by atoms with Crippen LogP contribution in [0.1, 0.15) is 5.56 Å². The van der Waals surface area contributed by atoms with Crippen molar-refractivity contribution in [3.8, 4) is 5.69 Å². The minimum atomic E-state index is 0.000391. The summed E-state index contributed by atoms with van der Waals surface area (Å²) in [5.74, 6) is 0. The fraction of sp³-hybridized carbons (Fsp3) is 0.100. The summed E-state index contributed by atoms with van der Waals surface area (Å²) in [6, 6.07) is 7.05. The number of benzene rings is 1. The van der Waals surface area contributed by atoms with Gasteiger partial charge in [0.05, 0.1) is 5.69 Å². The zero-order valence-corrected chi connectivity index (χ0v) is 9.10. The van der Waals surface area contributed by atoms with E-state index in [9.17, 15) is 4.79 Å². The molecule has 0 radical (unpaired) electrons. The van der Waals surface area contributed by atoms with Crippen molar-refractivity contribution in [3.63, 3.8) is 0 Å². The second-order valence-electron chi connectivity index (χ2n) is 2.97. The van der Waals surface area contributed by atoms with E-state index in [1.165, 1.54) is 11.5 Å². The molecule has 14 heavy (non-hydrogen) atoms. The number of aryl methyl sites for hydroxylation is 1. The third-order valence-electron chi connectivity index (χ3n) is 1.95. The Balaban J connectivity index is 2.63. The van der Waals surface area contributed by atoms with Crippen LogP contribution in [0.3, 0.4) is 0 Å². The first-order valence-electron chi connectivity index (χ1n) is 4.12. The minimum absolute atomic E-state index is 0.000391. The predicted octanol–water partition coefficient (Wildman–Crippen LogP) is 2.86. The van der Waals surface area contributed by atoms with Crippen LogP contribution in [0.2, 0.25) is 5.02 Å². The van der Waals surface area contributed by atoms with Gasteiger partial charge in [-0.05, 0) is 30.7 Å². The first-order chi connectivity index (χ1) is 6.68. The highest BCUT2D eigenvalue weighted by atomic mass is 35.5. The van der Waals surface area contributed by atoms with Gasteiger partial charge in [0.1, 0.15) is 0 Å². The van der Waals surface area contributed by atoms with E-state index in [0.29, 0.717) is 5.02 Å². The summed E-state index contributed by atoms with van der Waals surface area (Å²) in [4.78, 5) is 11.4. The van der Waals surface area contributed by atoms with Crippen molar-refractivity contribution < 1.29 is 0 Å². The second-order valence-corrected chi connectivity index (χ2v) is 4.26. The number of rotatable bonds is 1. The first kappa shape index (κ1) is 9.49. The molecular weight excluding hydrogens is 218 g/mol. The van der Waals surface area contributed by atoms with Gasteiger partial charge in [-0.1, -0.05) is 23.1 Å². The lowest BCUT2D eigenvalue weighted by atomic mass is 10.2. The number of hydrogen-bond donors (Lipinski definition) is 0. The highest BCUT2D eigenvalue weighted by Crippen LogP contribution is 2.18. The molecule has 1 aromatic heterocycles. The van der Waals surface area contributed by atoms with E-state index in [-0.39, 0.29) is 5.56 Å². The number of aromatic nitrogens is 1. The van der Waals surface area contributed by atoms with Crippen LogP contribution in [0.25, 0.3) is 5.69 Å². The molecule has 0 aliphatic carbocycles. The maximum Gasteiger partial charge on any atom is 0.265 e. The van der Waals surface area contributed by atoms with E-state index >= 15 is 0 Å². The van der Waals surface area contributed by atoms with E-state index in [1.54, 1.807) is 21.5 Å². The van der Waals surface area contributed by atoms with E-state index < -0.39 is 0 Å². The first-order valence-corrected chi connectivity index (χ1v) is 5.33. The van der Waals surface area contributed by atoms with Gasteiger partial charge in [-0.15, -0.1) is 0 Å². The minimum Gasteiger partial charge on any atom is -0.268 e. The van der Waals surface area contributed by atoms with Crippen molar-refractivity contribution >= 4 is 23.1 Å². The predicted molar refractivity (Wildman–Crippen MR) is 59.7 cm³/mol. The van der Waals surface area contributed by atoms with Crippen molar-refractivity contribution in [1.29, 1.82) is 0 Å². The van der Waals surface area contributed by atoms with Crippen molar-refractivity contribution in [2.45, 2.75) is 6.92 Å². The van der Waals surface area contributed by atoms with Crippen LogP contribution in [0.4, 0.5) is 0 Å². The van der Waals surface area contributed by atoms with Crippen LogP contribution >= 0.6 is 23.1 Å². The van der Waals surface area contributed by atoms with Crippen molar-refractivity contribution in [2.24, 2.45) is 0 Å². The van der Waals surface area contributed by atoms with Gasteiger partial charge in [-0.25, -0.2) is 3.96 Å². The van der Waals surface area contributed by atoms with Crippen molar-refractivity contribution in [1.82, 2.24) is 3.96 Å². The van der Waals surface area contributed by atoms with Crippen LogP contribution < -0.4 is 5.56 Å². The molecule has 72 valence electrons. The molecule has 2 nitrogen and oxygen atoms in total. The molecule has 0 N–H and O–H groups in total. The Hall–Kier alpha value is -1.06. The molecule has 0 bridgehead atoms. The van der Waals surface area contributed by atoms with Gasteiger partial charge < -0.3 is 0 Å². The van der Waals surface area contributed by atoms with E-state index in [1.807, 2.05) is 19.1 Å². The lowest BCUT2D eigenvalue weighted by Gasteiger charge is -2.04. The van der Waals surface area contributed by atoms with Crippen LogP contribution in [0.15, 0.2) is 34.4 Å². The number of halogens is 1. The SMILES string of the molecule is Cc1cc(Cl)ccc1-n1sccc1=O. The molecule has 4 heteroatoms. The highest BCUT2D eigenvalue weighted by molar-refractivity contribution is 7.04. The molecule has 1 aromatic carbocycles. The second kappa shape index (κ2) is 3.59. The molecule has 0 amide bonds. The summed E-state index contributed by atoms with van der Waals surface area (Å²) >= 11 is 7.22. The third-order valence-corrected chi connectivity index (χ3v) is 3.04.